The molecule has 0 aliphatic heterocycles. The molecule has 1 heterocycles. The molecule has 1 aromatic carbocycles. The minimum absolute atomic E-state index is 0.0119. The maximum atomic E-state index is 13.4. The van der Waals surface area contributed by atoms with E-state index in [-0.39, 0.29) is 16.1 Å². The van der Waals surface area contributed by atoms with Gasteiger partial charge in [0.05, 0.1) is 22.3 Å². The van der Waals surface area contributed by atoms with Crippen molar-refractivity contribution in [1.29, 1.82) is 0 Å². The largest absolute Gasteiger partial charge is 0.478 e. The van der Waals surface area contributed by atoms with E-state index >= 15 is 0 Å². The third-order valence-corrected chi connectivity index (χ3v) is 2.84. The zero-order chi connectivity index (χ0) is 12.6. The predicted octanol–water partition coefficient (Wildman–Crippen LogP) is 2.88. The number of hydrogen-bond donors (Lipinski definition) is 2. The Kier molecular flexibility index (Phi) is 2.85. The summed E-state index contributed by atoms with van der Waals surface area (Å²) in [6.45, 7) is 1.72. The van der Waals surface area contributed by atoms with E-state index in [0.29, 0.717) is 11.1 Å². The fourth-order valence-electron chi connectivity index (χ4n) is 1.61. The molecule has 2 aromatic rings. The van der Waals surface area contributed by atoms with Gasteiger partial charge in [0.2, 0.25) is 5.95 Å². The number of aromatic amines is 1. The number of carboxylic acids is 1. The lowest BCUT2D eigenvalue weighted by molar-refractivity contribution is 0.0697. The van der Waals surface area contributed by atoms with Gasteiger partial charge in [-0.2, -0.15) is 9.49 Å². The van der Waals surface area contributed by atoms with Crippen molar-refractivity contribution in [2.45, 2.75) is 6.92 Å². The second-order valence-electron chi connectivity index (χ2n) is 3.52. The standard InChI is InChI=1S/C11H8ClFN2O2/c1-5-2-3-6(11(16)17)9(12)8(5)7-4-14-15-10(7)13/h2-4H,1H3,(H,14,15)(H,16,17). The second-order valence-corrected chi connectivity index (χ2v) is 3.90. The van der Waals surface area contributed by atoms with E-state index in [1.807, 2.05) is 0 Å². The van der Waals surface area contributed by atoms with Crippen LogP contribution < -0.4 is 0 Å². The monoisotopic (exact) mass is 254 g/mol. The Morgan fingerprint density at radius 3 is 2.76 bits per heavy atom. The van der Waals surface area contributed by atoms with Gasteiger partial charge in [-0.25, -0.2) is 4.79 Å². The first-order valence-corrected chi connectivity index (χ1v) is 5.11. The molecule has 0 aliphatic carbocycles. The predicted molar refractivity (Wildman–Crippen MR) is 60.7 cm³/mol. The summed E-state index contributed by atoms with van der Waals surface area (Å²) in [6, 6.07) is 2.97. The maximum Gasteiger partial charge on any atom is 0.337 e. The van der Waals surface area contributed by atoms with E-state index in [1.54, 1.807) is 13.0 Å². The minimum Gasteiger partial charge on any atom is -0.478 e. The van der Waals surface area contributed by atoms with E-state index in [0.717, 1.165) is 0 Å². The van der Waals surface area contributed by atoms with Crippen LogP contribution >= 0.6 is 11.6 Å². The molecule has 0 atom stereocenters. The normalized spacial score (nSPS) is 10.5. The molecule has 4 nitrogen and oxygen atoms in total. The third-order valence-electron chi connectivity index (χ3n) is 2.44. The summed E-state index contributed by atoms with van der Waals surface area (Å²) < 4.78 is 13.4. The van der Waals surface area contributed by atoms with Gasteiger partial charge in [-0.15, -0.1) is 0 Å². The lowest BCUT2D eigenvalue weighted by Gasteiger charge is -2.08. The number of carboxylic acid groups (broad SMARTS) is 1. The van der Waals surface area contributed by atoms with Crippen LogP contribution in [0.25, 0.3) is 11.1 Å². The van der Waals surface area contributed by atoms with Crippen LogP contribution in [0.15, 0.2) is 18.3 Å². The molecule has 0 spiro atoms. The van der Waals surface area contributed by atoms with Crippen molar-refractivity contribution in [2.24, 2.45) is 0 Å². The number of hydrogen-bond acceptors (Lipinski definition) is 2. The van der Waals surface area contributed by atoms with Crippen LogP contribution in [0.2, 0.25) is 5.02 Å². The van der Waals surface area contributed by atoms with Crippen LogP contribution in [0, 0.1) is 12.9 Å². The van der Waals surface area contributed by atoms with Gasteiger partial charge < -0.3 is 5.11 Å². The van der Waals surface area contributed by atoms with Crippen LogP contribution in [-0.4, -0.2) is 21.3 Å². The average molecular weight is 255 g/mol. The molecule has 88 valence electrons. The Labute approximate surface area is 101 Å². The van der Waals surface area contributed by atoms with Crippen molar-refractivity contribution in [2.75, 3.05) is 0 Å². The second kappa shape index (κ2) is 4.18. The molecular weight excluding hydrogens is 247 g/mol. The zero-order valence-electron chi connectivity index (χ0n) is 8.79. The van der Waals surface area contributed by atoms with E-state index in [9.17, 15) is 9.18 Å². The molecule has 2 N–H and O–H groups in total. The highest BCUT2D eigenvalue weighted by Crippen LogP contribution is 2.34. The third kappa shape index (κ3) is 1.89. The zero-order valence-corrected chi connectivity index (χ0v) is 9.55. The van der Waals surface area contributed by atoms with Crippen LogP contribution in [0.4, 0.5) is 4.39 Å². The number of halogens is 2. The maximum absolute atomic E-state index is 13.4. The summed E-state index contributed by atoms with van der Waals surface area (Å²) in [5, 5.41) is 14.7. The Balaban J connectivity index is 2.73. The van der Waals surface area contributed by atoms with Gasteiger partial charge in [0.1, 0.15) is 0 Å². The van der Waals surface area contributed by atoms with Gasteiger partial charge >= 0.3 is 5.97 Å². The molecule has 0 radical (unpaired) electrons. The van der Waals surface area contributed by atoms with Crippen LogP contribution in [0.5, 0.6) is 0 Å². The van der Waals surface area contributed by atoms with Gasteiger partial charge in [-0.1, -0.05) is 17.7 Å². The number of benzene rings is 1. The molecule has 0 bridgehead atoms. The summed E-state index contributed by atoms with van der Waals surface area (Å²) in [6.07, 6.45) is 1.27. The molecule has 6 heteroatoms. The average Bonchev–Trinajstić information content (AvgIpc) is 2.64. The van der Waals surface area contributed by atoms with Gasteiger partial charge in [-0.3, -0.25) is 5.10 Å². The molecule has 0 aliphatic rings. The summed E-state index contributed by atoms with van der Waals surface area (Å²) >= 11 is 5.98. The highest BCUT2D eigenvalue weighted by atomic mass is 35.5. The first-order valence-electron chi connectivity index (χ1n) is 4.74. The van der Waals surface area contributed by atoms with E-state index in [4.69, 9.17) is 16.7 Å². The van der Waals surface area contributed by atoms with Gasteiger partial charge in [0.15, 0.2) is 0 Å². The van der Waals surface area contributed by atoms with Crippen LogP contribution in [0.3, 0.4) is 0 Å². The lowest BCUT2D eigenvalue weighted by Crippen LogP contribution is -2.00. The molecule has 0 saturated carbocycles. The first-order chi connectivity index (χ1) is 8.02. The van der Waals surface area contributed by atoms with Crippen LogP contribution in [0.1, 0.15) is 15.9 Å². The van der Waals surface area contributed by atoms with Crippen molar-refractivity contribution in [3.63, 3.8) is 0 Å². The Morgan fingerprint density at radius 1 is 1.53 bits per heavy atom. The molecule has 0 fully saturated rings. The number of nitrogens with zero attached hydrogens (tertiary/aromatic N) is 1. The van der Waals surface area contributed by atoms with Gasteiger partial charge in [0.25, 0.3) is 0 Å². The highest BCUT2D eigenvalue weighted by Gasteiger charge is 2.19. The molecule has 0 unspecified atom stereocenters. The summed E-state index contributed by atoms with van der Waals surface area (Å²) in [4.78, 5) is 10.9. The number of aromatic carboxylic acids is 1. The lowest BCUT2D eigenvalue weighted by atomic mass is 10.00. The summed E-state index contributed by atoms with van der Waals surface area (Å²) in [7, 11) is 0. The topological polar surface area (TPSA) is 66.0 Å². The first kappa shape index (κ1) is 11.6. The molecule has 17 heavy (non-hydrogen) atoms. The SMILES string of the molecule is Cc1ccc(C(=O)O)c(Cl)c1-c1cn[nH]c1F. The molecular formula is C11H8ClFN2O2. The number of aromatic nitrogens is 2. The number of carbonyl (C=O) groups is 1. The summed E-state index contributed by atoms with van der Waals surface area (Å²) in [5.74, 6) is -1.79. The number of rotatable bonds is 2. The van der Waals surface area contributed by atoms with Crippen molar-refractivity contribution < 1.29 is 14.3 Å². The molecule has 2 rings (SSSR count). The van der Waals surface area contributed by atoms with Gasteiger partial charge in [0, 0.05) is 5.56 Å². The molecule has 0 amide bonds. The van der Waals surface area contributed by atoms with E-state index < -0.39 is 11.9 Å². The summed E-state index contributed by atoms with van der Waals surface area (Å²) in [5.41, 5.74) is 1.13. The van der Waals surface area contributed by atoms with Crippen molar-refractivity contribution in [3.8, 4) is 11.1 Å². The Bertz CT molecular complexity index is 595. The molecule has 0 saturated heterocycles. The minimum atomic E-state index is -1.15. The number of aryl methyl sites for hydroxylation is 1. The van der Waals surface area contributed by atoms with E-state index in [2.05, 4.69) is 10.2 Å². The van der Waals surface area contributed by atoms with Crippen molar-refractivity contribution in [3.05, 3.63) is 40.4 Å². The van der Waals surface area contributed by atoms with Crippen molar-refractivity contribution in [1.82, 2.24) is 10.2 Å². The molecule has 1 aromatic heterocycles. The smallest absolute Gasteiger partial charge is 0.337 e. The van der Waals surface area contributed by atoms with Crippen LogP contribution in [-0.2, 0) is 0 Å². The van der Waals surface area contributed by atoms with Crippen molar-refractivity contribution >= 4 is 17.6 Å². The Hall–Kier alpha value is -1.88. The fourth-order valence-corrected chi connectivity index (χ4v) is 2.01. The number of nitrogens with one attached hydrogen (secondary N) is 1. The number of H-pyrrole nitrogens is 1. The van der Waals surface area contributed by atoms with Gasteiger partial charge in [-0.05, 0) is 18.6 Å². The highest BCUT2D eigenvalue weighted by molar-refractivity contribution is 6.36. The quantitative estimate of drug-likeness (QED) is 0.866. The Morgan fingerprint density at radius 2 is 2.24 bits per heavy atom. The fraction of sp³-hybridized carbons (Fsp3) is 0.0909. The van der Waals surface area contributed by atoms with E-state index in [1.165, 1.54) is 12.3 Å².